The van der Waals surface area contributed by atoms with Gasteiger partial charge < -0.3 is 4.42 Å². The molecule has 0 spiro atoms. The highest BCUT2D eigenvalue weighted by molar-refractivity contribution is 7.92. The first-order valence-corrected chi connectivity index (χ1v) is 10.0. The largest absolute Gasteiger partial charge is 0.460 e. The van der Waals surface area contributed by atoms with E-state index in [1.54, 1.807) is 19.1 Å². The second-order valence-electron chi connectivity index (χ2n) is 5.87. The van der Waals surface area contributed by atoms with Gasteiger partial charge in [-0.25, -0.2) is 8.42 Å². The van der Waals surface area contributed by atoms with Gasteiger partial charge in [0.05, 0.1) is 16.8 Å². The van der Waals surface area contributed by atoms with Crippen LogP contribution in [0.3, 0.4) is 0 Å². The van der Waals surface area contributed by atoms with Gasteiger partial charge in [0, 0.05) is 22.8 Å². The highest BCUT2D eigenvalue weighted by atomic mass is 35.5. The number of anilines is 2. The van der Waals surface area contributed by atoms with E-state index in [-0.39, 0.29) is 22.0 Å². The Labute approximate surface area is 171 Å². The predicted molar refractivity (Wildman–Crippen MR) is 110 cm³/mol. The van der Waals surface area contributed by atoms with E-state index in [4.69, 9.17) is 16.0 Å². The summed E-state index contributed by atoms with van der Waals surface area (Å²) >= 11 is 5.80. The molecule has 3 aromatic rings. The van der Waals surface area contributed by atoms with Crippen LogP contribution in [0.1, 0.15) is 11.5 Å². The smallest absolute Gasteiger partial charge is 0.270 e. The highest BCUT2D eigenvalue weighted by Crippen LogP contribution is 2.28. The van der Waals surface area contributed by atoms with E-state index in [2.05, 4.69) is 15.2 Å². The van der Waals surface area contributed by atoms with Crippen LogP contribution < -0.4 is 10.1 Å². The topological polar surface area (TPSA) is 127 Å². The molecule has 0 unspecified atom stereocenters. The third-order valence-electron chi connectivity index (χ3n) is 3.70. The predicted octanol–water partition coefficient (Wildman–Crippen LogP) is 4.40. The zero-order valence-electron chi connectivity index (χ0n) is 15.0. The van der Waals surface area contributed by atoms with Gasteiger partial charge in [-0.15, -0.1) is 0 Å². The molecular weight excluding hydrogens is 420 g/mol. The lowest BCUT2D eigenvalue weighted by Crippen LogP contribution is -2.15. The Kier molecular flexibility index (Phi) is 5.85. The van der Waals surface area contributed by atoms with Crippen LogP contribution in [0.4, 0.5) is 17.1 Å². The number of furan rings is 1. The first-order valence-electron chi connectivity index (χ1n) is 8.17. The molecule has 0 aliphatic carbocycles. The molecule has 11 heteroatoms. The third-order valence-corrected chi connectivity index (χ3v) is 5.37. The van der Waals surface area contributed by atoms with Crippen LogP contribution >= 0.6 is 11.6 Å². The molecule has 0 aliphatic rings. The maximum absolute atomic E-state index is 12.8. The van der Waals surface area contributed by atoms with Crippen molar-refractivity contribution in [1.29, 1.82) is 0 Å². The number of nitro groups is 1. The molecule has 2 N–H and O–H groups in total. The molecule has 3 rings (SSSR count). The van der Waals surface area contributed by atoms with Crippen LogP contribution in [-0.2, 0) is 10.0 Å². The van der Waals surface area contributed by atoms with Crippen molar-refractivity contribution in [1.82, 2.24) is 0 Å². The molecule has 0 saturated heterocycles. The summed E-state index contributed by atoms with van der Waals surface area (Å²) in [7, 11) is -4.16. The molecular formula is C18H15ClN4O5S. The normalized spacial score (nSPS) is 11.5. The summed E-state index contributed by atoms with van der Waals surface area (Å²) in [5.74, 6) is 1.15. The van der Waals surface area contributed by atoms with E-state index in [1.807, 2.05) is 0 Å². The Balaban J connectivity index is 1.93. The molecule has 29 heavy (non-hydrogen) atoms. The average Bonchev–Trinajstić information content (AvgIpc) is 3.08. The maximum atomic E-state index is 12.8. The monoisotopic (exact) mass is 434 g/mol. The first kappa shape index (κ1) is 20.4. The Hall–Kier alpha value is -3.37. The lowest BCUT2D eigenvalue weighted by Gasteiger charge is -2.12. The van der Waals surface area contributed by atoms with Crippen molar-refractivity contribution < 1.29 is 17.8 Å². The molecule has 0 fully saturated rings. The molecule has 0 saturated carbocycles. The van der Waals surface area contributed by atoms with Gasteiger partial charge in [0.25, 0.3) is 15.7 Å². The minimum absolute atomic E-state index is 0.0524. The van der Waals surface area contributed by atoms with Crippen molar-refractivity contribution in [2.24, 2.45) is 5.10 Å². The van der Waals surface area contributed by atoms with E-state index >= 15 is 0 Å². The molecule has 9 nitrogen and oxygen atoms in total. The fourth-order valence-corrected chi connectivity index (χ4v) is 3.72. The van der Waals surface area contributed by atoms with Crippen LogP contribution in [0.5, 0.6) is 0 Å². The van der Waals surface area contributed by atoms with Crippen molar-refractivity contribution in [2.45, 2.75) is 11.8 Å². The number of nitrogens with zero attached hydrogens (tertiary/aromatic N) is 2. The van der Waals surface area contributed by atoms with Gasteiger partial charge in [0.1, 0.15) is 16.4 Å². The highest BCUT2D eigenvalue weighted by Gasteiger charge is 2.22. The van der Waals surface area contributed by atoms with Crippen molar-refractivity contribution >= 4 is 44.9 Å². The van der Waals surface area contributed by atoms with Gasteiger partial charge in [0.15, 0.2) is 0 Å². The van der Waals surface area contributed by atoms with E-state index in [0.717, 1.165) is 6.07 Å². The maximum Gasteiger partial charge on any atom is 0.270 e. The summed E-state index contributed by atoms with van der Waals surface area (Å²) in [6, 6.07) is 12.8. The van der Waals surface area contributed by atoms with E-state index in [0.29, 0.717) is 16.5 Å². The van der Waals surface area contributed by atoms with Crippen molar-refractivity contribution in [3.8, 4) is 0 Å². The van der Waals surface area contributed by atoms with Crippen molar-refractivity contribution in [2.75, 3.05) is 10.1 Å². The Morgan fingerprint density at radius 1 is 1.14 bits per heavy atom. The molecule has 2 aromatic carbocycles. The number of benzene rings is 2. The first-order chi connectivity index (χ1) is 13.7. The lowest BCUT2D eigenvalue weighted by atomic mass is 10.3. The number of hydrogen-bond donors (Lipinski definition) is 2. The summed E-state index contributed by atoms with van der Waals surface area (Å²) in [6.45, 7) is 1.77. The number of hydrogen-bond acceptors (Lipinski definition) is 7. The van der Waals surface area contributed by atoms with E-state index in [9.17, 15) is 18.5 Å². The number of aryl methyl sites for hydroxylation is 1. The molecule has 0 aliphatic heterocycles. The zero-order valence-corrected chi connectivity index (χ0v) is 16.6. The molecule has 1 heterocycles. The van der Waals surface area contributed by atoms with Crippen LogP contribution in [0.25, 0.3) is 0 Å². The second-order valence-corrected chi connectivity index (χ2v) is 7.96. The molecule has 1 aromatic heterocycles. The quantitative estimate of drug-likeness (QED) is 0.322. The number of halogens is 1. The van der Waals surface area contributed by atoms with Crippen LogP contribution in [0.2, 0.25) is 5.02 Å². The number of sulfonamides is 1. The molecule has 0 atom stereocenters. The summed E-state index contributed by atoms with van der Waals surface area (Å²) in [5.41, 5.74) is 2.51. The Morgan fingerprint density at radius 2 is 1.86 bits per heavy atom. The second kappa shape index (κ2) is 8.33. The van der Waals surface area contributed by atoms with Crippen LogP contribution in [-0.4, -0.2) is 19.6 Å². The summed E-state index contributed by atoms with van der Waals surface area (Å²) in [5, 5.41) is 15.5. The summed E-state index contributed by atoms with van der Waals surface area (Å²) in [4.78, 5) is 10.1. The van der Waals surface area contributed by atoms with Crippen LogP contribution in [0.15, 0.2) is 69.0 Å². The van der Waals surface area contributed by atoms with Crippen LogP contribution in [0, 0.1) is 17.0 Å². The third kappa shape index (κ3) is 5.12. The number of hydrazone groups is 1. The average molecular weight is 435 g/mol. The van der Waals surface area contributed by atoms with E-state index < -0.39 is 14.9 Å². The number of nitro benzene ring substituents is 1. The fraction of sp³-hybridized carbons (Fsp3) is 0.0556. The Bertz CT molecular complexity index is 1170. The summed E-state index contributed by atoms with van der Waals surface area (Å²) < 4.78 is 33.4. The van der Waals surface area contributed by atoms with Gasteiger partial charge in [-0.05, 0) is 49.4 Å². The van der Waals surface area contributed by atoms with E-state index in [1.165, 1.54) is 42.6 Å². The summed E-state index contributed by atoms with van der Waals surface area (Å²) in [6.07, 6.45) is 1.36. The molecule has 0 radical (unpaired) electrons. The van der Waals surface area contributed by atoms with Crippen molar-refractivity contribution in [3.05, 3.63) is 81.3 Å². The number of nitrogens with one attached hydrogen (secondary N) is 2. The van der Waals surface area contributed by atoms with Gasteiger partial charge in [-0.3, -0.25) is 20.3 Å². The Morgan fingerprint density at radius 3 is 2.48 bits per heavy atom. The molecule has 0 bridgehead atoms. The fourth-order valence-electron chi connectivity index (χ4n) is 2.36. The van der Waals surface area contributed by atoms with Gasteiger partial charge in [-0.1, -0.05) is 11.6 Å². The SMILES string of the molecule is Cc1ccc(C=NNc2ccc([N+](=O)[O-])cc2S(=O)(=O)Nc2ccc(Cl)cc2)o1. The standard InChI is InChI=1S/C18H15ClN4O5S/c1-12-2-8-16(28-12)11-20-21-17-9-7-15(23(24)25)10-18(17)29(26,27)22-14-5-3-13(19)4-6-14/h2-11,21-22H,1H3. The van der Waals surface area contributed by atoms with Gasteiger partial charge in [0.2, 0.25) is 0 Å². The molecule has 0 amide bonds. The van der Waals surface area contributed by atoms with Gasteiger partial charge in [-0.2, -0.15) is 5.10 Å². The lowest BCUT2D eigenvalue weighted by molar-refractivity contribution is -0.385. The van der Waals surface area contributed by atoms with Crippen molar-refractivity contribution in [3.63, 3.8) is 0 Å². The number of non-ortho nitro benzene ring substituents is 1. The molecule has 150 valence electrons. The zero-order chi connectivity index (χ0) is 21.0. The number of rotatable bonds is 7. The van der Waals surface area contributed by atoms with Gasteiger partial charge >= 0.3 is 0 Å². The minimum atomic E-state index is -4.16. The minimum Gasteiger partial charge on any atom is -0.460 e.